The molecular weight excluding hydrogens is 596 g/mol. The molecule has 2 heterocycles. The summed E-state index contributed by atoms with van der Waals surface area (Å²) in [5.74, 6) is -1.24. The van der Waals surface area contributed by atoms with E-state index in [0.717, 1.165) is 23.1 Å². The van der Waals surface area contributed by atoms with E-state index >= 15 is 0 Å². The van der Waals surface area contributed by atoms with E-state index in [-0.39, 0.29) is 37.2 Å². The number of nitrogens with zero attached hydrogens (tertiary/aromatic N) is 1. The van der Waals surface area contributed by atoms with Gasteiger partial charge >= 0.3 is 19.7 Å². The number of benzene rings is 1. The van der Waals surface area contributed by atoms with Gasteiger partial charge in [-0.05, 0) is 25.8 Å². The third-order valence-electron chi connectivity index (χ3n) is 5.94. The van der Waals surface area contributed by atoms with E-state index in [2.05, 4.69) is 36.7 Å². The first-order valence-corrected chi connectivity index (χ1v) is 15.1. The number of aliphatic hydroxyl groups is 1. The van der Waals surface area contributed by atoms with Crippen molar-refractivity contribution in [3.8, 4) is 0 Å². The summed E-state index contributed by atoms with van der Waals surface area (Å²) in [5, 5.41) is 15.4. The zero-order valence-corrected chi connectivity index (χ0v) is 26.0. The van der Waals surface area contributed by atoms with Crippen molar-refractivity contribution in [2.24, 2.45) is 0 Å². The molecule has 12 nitrogen and oxygen atoms in total. The molecule has 1 saturated heterocycles. The molecule has 4 atom stereocenters. The quantitative estimate of drug-likeness (QED) is 0.108. The number of hydrogen-bond donors (Lipinski definition) is 3. The van der Waals surface area contributed by atoms with Gasteiger partial charge in [0, 0.05) is 19.0 Å². The Morgan fingerprint density at radius 2 is 1.91 bits per heavy atom. The van der Waals surface area contributed by atoms with Crippen LogP contribution in [0.3, 0.4) is 0 Å². The van der Waals surface area contributed by atoms with Gasteiger partial charge in [-0.2, -0.15) is 5.09 Å². The minimum absolute atomic E-state index is 0. The molecule has 244 valence electrons. The van der Waals surface area contributed by atoms with Crippen LogP contribution in [0, 0.1) is 0 Å². The molecule has 0 saturated carbocycles. The lowest BCUT2D eigenvalue weighted by Crippen LogP contribution is -2.47. The largest absolute Gasteiger partial charge is 0.459 e. The Bertz CT molecular complexity index is 1220. The van der Waals surface area contributed by atoms with Crippen LogP contribution in [-0.4, -0.2) is 64.6 Å². The molecule has 0 spiro atoms. The van der Waals surface area contributed by atoms with Crippen LogP contribution in [0.5, 0.6) is 0 Å². The minimum atomic E-state index is -4.28. The van der Waals surface area contributed by atoms with Gasteiger partial charge in [0.2, 0.25) is 0 Å². The summed E-state index contributed by atoms with van der Waals surface area (Å²) < 4.78 is 49.5. The van der Waals surface area contributed by atoms with E-state index in [1.54, 1.807) is 12.1 Å². The average molecular weight is 640 g/mol. The highest BCUT2D eigenvalue weighted by Crippen LogP contribution is 2.49. The summed E-state index contributed by atoms with van der Waals surface area (Å²) in [6.07, 6.45) is 4.00. The number of halogens is 1. The maximum absolute atomic E-state index is 13.7. The molecule has 1 fully saturated rings. The molecule has 1 aromatic rings. The van der Waals surface area contributed by atoms with Crippen LogP contribution < -0.4 is 10.4 Å². The van der Waals surface area contributed by atoms with Crippen LogP contribution in [0.25, 0.3) is 0 Å². The van der Waals surface area contributed by atoms with Gasteiger partial charge in [0.15, 0.2) is 0 Å². The maximum Gasteiger partial charge on any atom is 0.459 e. The molecule has 44 heavy (non-hydrogen) atoms. The van der Waals surface area contributed by atoms with Gasteiger partial charge in [0.05, 0.1) is 19.3 Å². The number of aliphatic hydroxyl groups excluding tert-OH is 1. The van der Waals surface area contributed by atoms with E-state index < -0.39 is 56.2 Å². The van der Waals surface area contributed by atoms with Gasteiger partial charge in [0.1, 0.15) is 36.1 Å². The van der Waals surface area contributed by atoms with Crippen LogP contribution in [0.1, 0.15) is 38.7 Å². The normalized spacial score (nSPS) is 20.7. The first-order valence-electron chi connectivity index (χ1n) is 13.5. The maximum atomic E-state index is 13.7. The standard InChI is InChI=1S/C25H33FN3O8P.C5H8.H2O/c1-5-9-17(2)37-38(33,28-25(3,4)23(31)34-15-18-10-7-6-8-11-18)35-16-21-20(30)12-22(36-21)29-14-19(26)13-27-24(29)32;1-3-5-4-2;/h5-8,10-11,14,20-22,30H,1-2,9,12-13,15-16H2,3-4H3,(H,27,32)(H,28,33);3-4H,1-2,5H2;1H2/t20?,21-,22-,38?;;/m1../s1. The Balaban J connectivity index is 0.00000149. The predicted octanol–water partition coefficient (Wildman–Crippen LogP) is 4.56. The molecule has 0 radical (unpaired) electrons. The summed E-state index contributed by atoms with van der Waals surface area (Å²) in [7, 11) is -4.28. The number of esters is 1. The van der Waals surface area contributed by atoms with Gasteiger partial charge in [-0.1, -0.05) is 55.1 Å². The van der Waals surface area contributed by atoms with Crippen molar-refractivity contribution in [2.75, 3.05) is 13.2 Å². The fourth-order valence-corrected chi connectivity index (χ4v) is 5.48. The van der Waals surface area contributed by atoms with Gasteiger partial charge in [-0.25, -0.2) is 13.8 Å². The SMILES string of the molecule is C=CCC(=C)OP(=O)(NC(C)(C)C(=O)OCc1ccccc1)OC[C@H]1O[C@@H](N2C=C(F)CNC2=O)CC1O.C=CCC=C.O. The number of carbonyl (C=O) groups excluding carboxylic acids is 2. The molecule has 1 aromatic carbocycles. The van der Waals surface area contributed by atoms with E-state index in [1.165, 1.54) is 19.9 Å². The molecule has 3 rings (SSSR count). The number of nitrogens with one attached hydrogen (secondary N) is 2. The van der Waals surface area contributed by atoms with Crippen LogP contribution in [0.2, 0.25) is 0 Å². The van der Waals surface area contributed by atoms with Crippen molar-refractivity contribution in [1.82, 2.24) is 15.3 Å². The van der Waals surface area contributed by atoms with Crippen LogP contribution in [0.4, 0.5) is 9.18 Å². The number of rotatable bonds is 15. The Hall–Kier alpha value is -3.58. The van der Waals surface area contributed by atoms with Crippen molar-refractivity contribution in [2.45, 2.75) is 63.7 Å². The zero-order chi connectivity index (χ0) is 32.0. The van der Waals surface area contributed by atoms with Crippen molar-refractivity contribution < 1.29 is 47.6 Å². The molecule has 2 unspecified atom stereocenters. The van der Waals surface area contributed by atoms with E-state index in [0.29, 0.717) is 0 Å². The molecule has 2 aliphatic rings. The Morgan fingerprint density at radius 3 is 2.50 bits per heavy atom. The van der Waals surface area contributed by atoms with E-state index in [4.69, 9.17) is 18.5 Å². The highest BCUT2D eigenvalue weighted by Gasteiger charge is 2.44. The molecule has 5 N–H and O–H groups in total. The van der Waals surface area contributed by atoms with E-state index in [9.17, 15) is 23.7 Å². The molecule has 0 aliphatic carbocycles. The second kappa shape index (κ2) is 18.3. The van der Waals surface area contributed by atoms with Crippen LogP contribution >= 0.6 is 7.75 Å². The summed E-state index contributed by atoms with van der Waals surface area (Å²) >= 11 is 0. The summed E-state index contributed by atoms with van der Waals surface area (Å²) in [6.45, 7) is 16.4. The monoisotopic (exact) mass is 639 g/mol. The third-order valence-corrected chi connectivity index (χ3v) is 7.76. The van der Waals surface area contributed by atoms with Crippen molar-refractivity contribution in [3.05, 3.63) is 98.2 Å². The van der Waals surface area contributed by atoms with Crippen molar-refractivity contribution in [3.63, 3.8) is 0 Å². The molecule has 2 aliphatic heterocycles. The van der Waals surface area contributed by atoms with Gasteiger partial charge < -0.3 is 29.9 Å². The fraction of sp³-hybridized carbons (Fsp3) is 0.400. The van der Waals surface area contributed by atoms with Gasteiger partial charge in [0.25, 0.3) is 0 Å². The summed E-state index contributed by atoms with van der Waals surface area (Å²) in [5.41, 5.74) is -0.754. The topological polar surface area (TPSA) is 167 Å². The second-order valence-corrected chi connectivity index (χ2v) is 11.8. The lowest BCUT2D eigenvalue weighted by molar-refractivity contribution is -0.151. The first kappa shape index (κ1) is 38.4. The van der Waals surface area contributed by atoms with Crippen molar-refractivity contribution in [1.29, 1.82) is 0 Å². The summed E-state index contributed by atoms with van der Waals surface area (Å²) in [4.78, 5) is 25.9. The number of hydrogen-bond acceptors (Lipinski definition) is 8. The van der Waals surface area contributed by atoms with Gasteiger partial charge in [-0.15, -0.1) is 19.7 Å². The second-order valence-electron chi connectivity index (χ2n) is 10.1. The van der Waals surface area contributed by atoms with Crippen LogP contribution in [-0.2, 0) is 34.5 Å². The fourth-order valence-electron chi connectivity index (χ4n) is 3.79. The first-order chi connectivity index (χ1) is 20.3. The van der Waals surface area contributed by atoms with E-state index in [1.807, 2.05) is 30.4 Å². The smallest absolute Gasteiger partial charge is 0.459 e. The lowest BCUT2D eigenvalue weighted by atomic mass is 10.1. The molecule has 0 aromatic heterocycles. The average Bonchev–Trinajstić information content (AvgIpc) is 3.33. The Morgan fingerprint density at radius 1 is 1.25 bits per heavy atom. The van der Waals surface area contributed by atoms with Crippen molar-refractivity contribution >= 4 is 19.7 Å². The number of urea groups is 1. The Labute approximate surface area is 257 Å². The van der Waals surface area contributed by atoms with Crippen LogP contribution in [0.15, 0.2) is 92.7 Å². The molecular formula is C30H43FN3O9P. The highest BCUT2D eigenvalue weighted by atomic mass is 31.2. The number of carbonyl (C=O) groups is 2. The lowest BCUT2D eigenvalue weighted by Gasteiger charge is -2.30. The highest BCUT2D eigenvalue weighted by molar-refractivity contribution is 7.51. The molecule has 0 bridgehead atoms. The predicted molar refractivity (Wildman–Crippen MR) is 164 cm³/mol. The Kier molecular flexibility index (Phi) is 16.0. The summed E-state index contributed by atoms with van der Waals surface area (Å²) in [6, 6.07) is 8.45. The number of allylic oxidation sites excluding steroid dienone is 3. The van der Waals surface area contributed by atoms with Gasteiger partial charge in [-0.3, -0.25) is 14.2 Å². The third kappa shape index (κ3) is 12.2. The molecule has 2 amide bonds. The number of amides is 2. The molecule has 14 heteroatoms. The zero-order valence-electron chi connectivity index (χ0n) is 25.1. The minimum Gasteiger partial charge on any atom is -0.459 e. The number of ether oxygens (including phenoxy) is 2.